The van der Waals surface area contributed by atoms with E-state index in [9.17, 15) is 4.79 Å². The zero-order valence-electron chi connectivity index (χ0n) is 11.2. The van der Waals surface area contributed by atoms with Crippen molar-refractivity contribution in [2.24, 2.45) is 5.92 Å². The second-order valence-corrected chi connectivity index (χ2v) is 8.18. The molecule has 0 aromatic carbocycles. The lowest BCUT2D eigenvalue weighted by molar-refractivity contribution is -0.133. The van der Waals surface area contributed by atoms with Crippen molar-refractivity contribution in [3.63, 3.8) is 0 Å². The smallest absolute Gasteiger partial charge is 0.225 e. The highest BCUT2D eigenvalue weighted by Crippen LogP contribution is 2.33. The zero-order chi connectivity index (χ0) is 14.1. The molecule has 2 fully saturated rings. The van der Waals surface area contributed by atoms with E-state index in [-0.39, 0.29) is 0 Å². The van der Waals surface area contributed by atoms with Crippen molar-refractivity contribution in [2.75, 3.05) is 13.1 Å². The molecule has 6 heteroatoms. The standard InChI is InChI=1S/C14H18BrClN2OS/c15-12-7-11(20-13(12)16)8-17-10-3-5-18(6-4-10)14(19)9-1-2-9/h7,9-10,17H,1-6,8H2. The van der Waals surface area contributed by atoms with E-state index in [0.717, 1.165) is 54.1 Å². The maximum absolute atomic E-state index is 12.0. The third kappa shape index (κ3) is 3.56. The summed E-state index contributed by atoms with van der Waals surface area (Å²) in [6, 6.07) is 2.59. The Balaban J connectivity index is 1.43. The fourth-order valence-electron chi connectivity index (χ4n) is 2.62. The molecule has 1 saturated carbocycles. The third-order valence-electron chi connectivity index (χ3n) is 3.99. The van der Waals surface area contributed by atoms with Crippen LogP contribution in [0, 0.1) is 5.92 Å². The molecule has 1 aromatic rings. The van der Waals surface area contributed by atoms with Gasteiger partial charge in [0.15, 0.2) is 0 Å². The molecule has 20 heavy (non-hydrogen) atoms. The van der Waals surface area contributed by atoms with Crippen molar-refractivity contribution in [1.29, 1.82) is 0 Å². The molecule has 0 atom stereocenters. The summed E-state index contributed by atoms with van der Waals surface area (Å²) in [6.07, 6.45) is 4.31. The van der Waals surface area contributed by atoms with Gasteiger partial charge in [0.05, 0.1) is 0 Å². The van der Waals surface area contributed by atoms with Crippen LogP contribution in [-0.2, 0) is 11.3 Å². The largest absolute Gasteiger partial charge is 0.342 e. The normalized spacial score (nSPS) is 20.4. The molecule has 0 bridgehead atoms. The highest BCUT2D eigenvalue weighted by atomic mass is 79.9. The summed E-state index contributed by atoms with van der Waals surface area (Å²) < 4.78 is 1.79. The fourth-order valence-corrected chi connectivity index (χ4v) is 4.36. The van der Waals surface area contributed by atoms with Crippen LogP contribution < -0.4 is 5.32 Å². The number of hydrogen-bond donors (Lipinski definition) is 1. The lowest BCUT2D eigenvalue weighted by Crippen LogP contribution is -2.45. The molecule has 110 valence electrons. The molecule has 3 nitrogen and oxygen atoms in total. The first-order valence-corrected chi connectivity index (χ1v) is 9.08. The molecule has 2 aliphatic rings. The van der Waals surface area contributed by atoms with Crippen LogP contribution in [0.25, 0.3) is 0 Å². The van der Waals surface area contributed by atoms with Crippen LogP contribution in [0.1, 0.15) is 30.6 Å². The lowest BCUT2D eigenvalue weighted by Gasteiger charge is -2.32. The van der Waals surface area contributed by atoms with E-state index in [4.69, 9.17) is 11.6 Å². The van der Waals surface area contributed by atoms with Crippen molar-refractivity contribution in [1.82, 2.24) is 10.2 Å². The first kappa shape index (κ1) is 14.8. The predicted octanol–water partition coefficient (Wildman–Crippen LogP) is 3.65. The van der Waals surface area contributed by atoms with Gasteiger partial charge in [0.2, 0.25) is 5.91 Å². The molecular formula is C14H18BrClN2OS. The topological polar surface area (TPSA) is 32.3 Å². The van der Waals surface area contributed by atoms with Crippen LogP contribution in [0.2, 0.25) is 4.34 Å². The molecule has 1 N–H and O–H groups in total. The van der Waals surface area contributed by atoms with E-state index >= 15 is 0 Å². The SMILES string of the molecule is O=C(C1CC1)N1CCC(NCc2cc(Br)c(Cl)s2)CC1. The van der Waals surface area contributed by atoms with E-state index in [1.807, 2.05) is 0 Å². The van der Waals surface area contributed by atoms with Gasteiger partial charge in [-0.3, -0.25) is 4.79 Å². The molecule has 1 amide bonds. The average Bonchev–Trinajstić information content (AvgIpc) is 3.24. The molecular weight excluding hydrogens is 360 g/mol. The predicted molar refractivity (Wildman–Crippen MR) is 86.2 cm³/mol. The highest BCUT2D eigenvalue weighted by molar-refractivity contribution is 9.10. The summed E-state index contributed by atoms with van der Waals surface area (Å²) in [5, 5.41) is 3.58. The Morgan fingerprint density at radius 1 is 1.40 bits per heavy atom. The highest BCUT2D eigenvalue weighted by Gasteiger charge is 2.34. The maximum atomic E-state index is 12.0. The Bertz CT molecular complexity index is 476. The van der Waals surface area contributed by atoms with Gasteiger partial charge in [-0.1, -0.05) is 11.6 Å². The van der Waals surface area contributed by atoms with Gasteiger partial charge in [-0.25, -0.2) is 0 Å². The zero-order valence-corrected chi connectivity index (χ0v) is 14.4. The average molecular weight is 378 g/mol. The van der Waals surface area contributed by atoms with Crippen LogP contribution in [0.4, 0.5) is 0 Å². The first-order valence-electron chi connectivity index (χ1n) is 7.09. The van der Waals surface area contributed by atoms with Crippen LogP contribution in [0.3, 0.4) is 0 Å². The summed E-state index contributed by atoms with van der Waals surface area (Å²) in [5.74, 6) is 0.738. The van der Waals surface area contributed by atoms with Crippen molar-refractivity contribution < 1.29 is 4.79 Å². The summed E-state index contributed by atoms with van der Waals surface area (Å²) in [6.45, 7) is 2.67. The quantitative estimate of drug-likeness (QED) is 0.868. The number of piperidine rings is 1. The number of carbonyl (C=O) groups excluding carboxylic acids is 1. The van der Waals surface area contributed by atoms with E-state index in [0.29, 0.717) is 17.9 Å². The van der Waals surface area contributed by atoms with Gasteiger partial charge < -0.3 is 10.2 Å². The van der Waals surface area contributed by atoms with Crippen molar-refractivity contribution in [2.45, 2.75) is 38.3 Å². The minimum absolute atomic E-state index is 0.352. The van der Waals surface area contributed by atoms with E-state index in [1.165, 1.54) is 4.88 Å². The monoisotopic (exact) mass is 376 g/mol. The second-order valence-electron chi connectivity index (χ2n) is 5.59. The van der Waals surface area contributed by atoms with E-state index in [2.05, 4.69) is 32.2 Å². The summed E-state index contributed by atoms with van der Waals surface area (Å²) in [7, 11) is 0. The van der Waals surface area contributed by atoms with Crippen LogP contribution in [0.15, 0.2) is 10.5 Å². The Hall–Kier alpha value is -0.100. The van der Waals surface area contributed by atoms with Gasteiger partial charge >= 0.3 is 0 Å². The summed E-state index contributed by atoms with van der Waals surface area (Å²) in [4.78, 5) is 15.3. The summed E-state index contributed by atoms with van der Waals surface area (Å²) >= 11 is 11.1. The molecule has 0 spiro atoms. The van der Waals surface area contributed by atoms with Gasteiger partial charge in [-0.15, -0.1) is 11.3 Å². The molecule has 0 unspecified atom stereocenters. The van der Waals surface area contributed by atoms with Gasteiger partial charge in [-0.2, -0.15) is 0 Å². The van der Waals surface area contributed by atoms with Crippen LogP contribution >= 0.6 is 38.9 Å². The minimum Gasteiger partial charge on any atom is -0.342 e. The summed E-state index contributed by atoms with van der Waals surface area (Å²) in [5.41, 5.74) is 0. The molecule has 1 aliphatic carbocycles. The van der Waals surface area contributed by atoms with Gasteiger partial charge in [0, 0.05) is 40.9 Å². The lowest BCUT2D eigenvalue weighted by atomic mass is 10.0. The Morgan fingerprint density at radius 3 is 2.65 bits per heavy atom. The molecule has 3 rings (SSSR count). The Morgan fingerprint density at radius 2 is 2.10 bits per heavy atom. The Kier molecular flexibility index (Phi) is 4.70. The van der Waals surface area contributed by atoms with Gasteiger partial charge in [0.1, 0.15) is 4.34 Å². The molecule has 2 heterocycles. The number of carbonyl (C=O) groups is 1. The third-order valence-corrected chi connectivity index (χ3v) is 6.47. The number of hydrogen-bond acceptors (Lipinski definition) is 3. The van der Waals surface area contributed by atoms with Crippen LogP contribution in [-0.4, -0.2) is 29.9 Å². The first-order chi connectivity index (χ1) is 9.63. The molecule has 1 aromatic heterocycles. The fraction of sp³-hybridized carbons (Fsp3) is 0.643. The van der Waals surface area contributed by atoms with Gasteiger partial charge in [0.25, 0.3) is 0 Å². The molecule has 1 saturated heterocycles. The number of thiophene rings is 1. The maximum Gasteiger partial charge on any atom is 0.225 e. The van der Waals surface area contributed by atoms with E-state index in [1.54, 1.807) is 11.3 Å². The molecule has 1 aliphatic heterocycles. The number of rotatable bonds is 4. The molecule has 0 radical (unpaired) electrons. The number of nitrogens with zero attached hydrogens (tertiary/aromatic N) is 1. The van der Waals surface area contributed by atoms with Crippen molar-refractivity contribution in [3.8, 4) is 0 Å². The van der Waals surface area contributed by atoms with Crippen LogP contribution in [0.5, 0.6) is 0 Å². The number of amides is 1. The second kappa shape index (κ2) is 6.34. The number of halogens is 2. The van der Waals surface area contributed by atoms with Crippen molar-refractivity contribution in [3.05, 3.63) is 19.8 Å². The Labute approximate surface area is 136 Å². The number of likely N-dealkylation sites (tertiary alicyclic amines) is 1. The van der Waals surface area contributed by atoms with Gasteiger partial charge in [-0.05, 0) is 47.7 Å². The van der Waals surface area contributed by atoms with E-state index < -0.39 is 0 Å². The van der Waals surface area contributed by atoms with Crippen molar-refractivity contribution >= 4 is 44.8 Å². The minimum atomic E-state index is 0.352. The number of nitrogens with one attached hydrogen (secondary N) is 1.